The molecule has 1 amide bonds. The molecule has 0 spiro atoms. The number of nitrogens with two attached hydrogens (primary N) is 1. The molecule has 2 aromatic carbocycles. The largest absolute Gasteiger partial charge is 0.489 e. The van der Waals surface area contributed by atoms with Crippen LogP contribution in [0.3, 0.4) is 0 Å². The minimum absolute atomic E-state index is 0.00689. The summed E-state index contributed by atoms with van der Waals surface area (Å²) in [6.45, 7) is 3.22. The minimum atomic E-state index is -1.56. The van der Waals surface area contributed by atoms with E-state index in [9.17, 15) is 19.1 Å². The lowest BCUT2D eigenvalue weighted by atomic mass is 9.81. The van der Waals surface area contributed by atoms with Gasteiger partial charge in [0.2, 0.25) is 5.91 Å². The lowest BCUT2D eigenvalue weighted by Crippen LogP contribution is -2.40. The van der Waals surface area contributed by atoms with Crippen LogP contribution < -0.4 is 10.5 Å². The normalized spacial score (nSPS) is 18.0. The van der Waals surface area contributed by atoms with Crippen LogP contribution in [-0.2, 0) is 15.8 Å². The summed E-state index contributed by atoms with van der Waals surface area (Å²) in [5, 5.41) is 12.5. The molecule has 7 nitrogen and oxygen atoms in total. The molecular formula is C29H25ClFN3O4. The number of amides is 1. The zero-order valence-corrected chi connectivity index (χ0v) is 21.6. The summed E-state index contributed by atoms with van der Waals surface area (Å²) in [6.07, 6.45) is 1.65. The fraction of sp³-hybridized carbons (Fsp3) is 0.241. The molecule has 0 aliphatic carbocycles. The van der Waals surface area contributed by atoms with Crippen molar-refractivity contribution in [2.24, 2.45) is 5.73 Å². The Hall–Kier alpha value is -3.88. The molecule has 0 unspecified atom stereocenters. The van der Waals surface area contributed by atoms with Crippen molar-refractivity contribution in [2.75, 3.05) is 6.61 Å². The van der Waals surface area contributed by atoms with Gasteiger partial charge in [-0.25, -0.2) is 9.37 Å². The molecule has 3 heterocycles. The lowest BCUT2D eigenvalue weighted by molar-refractivity contribution is -0.123. The van der Waals surface area contributed by atoms with Gasteiger partial charge in [0.05, 0.1) is 16.2 Å². The molecule has 0 fully saturated rings. The number of fused-ring (bicyclic) bond motifs is 2. The van der Waals surface area contributed by atoms with Gasteiger partial charge in [0.1, 0.15) is 34.9 Å². The second kappa shape index (κ2) is 9.45. The van der Waals surface area contributed by atoms with E-state index < -0.39 is 22.7 Å². The van der Waals surface area contributed by atoms with Crippen molar-refractivity contribution in [1.29, 1.82) is 0 Å². The van der Waals surface area contributed by atoms with Gasteiger partial charge >= 0.3 is 0 Å². The first-order valence-corrected chi connectivity index (χ1v) is 12.4. The van der Waals surface area contributed by atoms with Crippen LogP contribution in [-0.4, -0.2) is 33.4 Å². The Labute approximate surface area is 223 Å². The molecule has 3 N–H and O–H groups in total. The maximum Gasteiger partial charge on any atom is 0.231 e. The monoisotopic (exact) mass is 533 g/mol. The van der Waals surface area contributed by atoms with Crippen molar-refractivity contribution in [3.8, 4) is 17.0 Å². The molecule has 2 aromatic heterocycles. The number of benzene rings is 2. The Morgan fingerprint density at radius 3 is 2.66 bits per heavy atom. The molecule has 0 bridgehead atoms. The Bertz CT molecular complexity index is 1590. The maximum atomic E-state index is 13.6. The molecule has 38 heavy (non-hydrogen) atoms. The number of hydrogen-bond donors (Lipinski definition) is 2. The molecule has 0 saturated carbocycles. The zero-order chi connectivity index (χ0) is 27.2. The third-order valence-electron chi connectivity index (χ3n) is 7.14. The van der Waals surface area contributed by atoms with Crippen molar-refractivity contribution >= 4 is 34.2 Å². The van der Waals surface area contributed by atoms with Crippen LogP contribution in [0.25, 0.3) is 22.2 Å². The Morgan fingerprint density at radius 2 is 1.95 bits per heavy atom. The quantitative estimate of drug-likeness (QED) is 0.319. The average Bonchev–Trinajstić information content (AvgIpc) is 3.26. The number of Topliss-reactive ketones (excluding diaryl/α,β-unsaturated/α-hetero) is 1. The van der Waals surface area contributed by atoms with Gasteiger partial charge in [-0.3, -0.25) is 14.6 Å². The fourth-order valence-corrected chi connectivity index (χ4v) is 4.95. The molecule has 4 aromatic rings. The van der Waals surface area contributed by atoms with E-state index in [1.807, 2.05) is 0 Å². The maximum absolute atomic E-state index is 13.6. The van der Waals surface area contributed by atoms with Gasteiger partial charge in [0, 0.05) is 34.7 Å². The van der Waals surface area contributed by atoms with E-state index in [0.717, 1.165) is 0 Å². The highest BCUT2D eigenvalue weighted by atomic mass is 35.5. The molecule has 5 rings (SSSR count). The van der Waals surface area contributed by atoms with Gasteiger partial charge in [-0.2, -0.15) is 0 Å². The number of nitrogens with zero attached hydrogens (tertiary/aromatic N) is 2. The predicted octanol–water partition coefficient (Wildman–Crippen LogP) is 5.10. The van der Waals surface area contributed by atoms with Gasteiger partial charge in [0.15, 0.2) is 5.78 Å². The number of aromatic nitrogens is 2. The summed E-state index contributed by atoms with van der Waals surface area (Å²) in [5.41, 5.74) is 5.62. The van der Waals surface area contributed by atoms with E-state index in [1.165, 1.54) is 12.1 Å². The highest BCUT2D eigenvalue weighted by Gasteiger charge is 2.45. The second-order valence-corrected chi connectivity index (χ2v) is 10.3. The number of ketones is 1. The number of hydrogen-bond acceptors (Lipinski definition) is 6. The summed E-state index contributed by atoms with van der Waals surface area (Å²) in [5.74, 6) is -0.900. The van der Waals surface area contributed by atoms with Crippen molar-refractivity contribution < 1.29 is 23.8 Å². The SMILES string of the molecule is C[C@](O)(CCC(=O)c1ccc2ncccc2c1Cl)c1cc2c(c(-c3ccc(F)cc3)n1)OC[C@]2(C)C(N)=O. The van der Waals surface area contributed by atoms with Crippen LogP contribution in [0.2, 0.25) is 5.02 Å². The van der Waals surface area contributed by atoms with E-state index >= 15 is 0 Å². The first-order chi connectivity index (χ1) is 18.0. The van der Waals surface area contributed by atoms with Gasteiger partial charge in [-0.05, 0) is 74.9 Å². The van der Waals surface area contributed by atoms with Crippen LogP contribution in [0, 0.1) is 5.82 Å². The molecule has 194 valence electrons. The predicted molar refractivity (Wildman–Crippen MR) is 142 cm³/mol. The smallest absolute Gasteiger partial charge is 0.231 e. The van der Waals surface area contributed by atoms with E-state index in [4.69, 9.17) is 22.1 Å². The summed E-state index contributed by atoms with van der Waals surface area (Å²) >= 11 is 6.51. The molecule has 1 aliphatic rings. The topological polar surface area (TPSA) is 115 Å². The first-order valence-electron chi connectivity index (χ1n) is 12.0. The summed E-state index contributed by atoms with van der Waals surface area (Å²) < 4.78 is 19.5. The molecule has 1 aliphatic heterocycles. The van der Waals surface area contributed by atoms with Crippen LogP contribution in [0.5, 0.6) is 5.75 Å². The molecule has 0 radical (unpaired) electrons. The van der Waals surface area contributed by atoms with Crippen LogP contribution in [0.4, 0.5) is 4.39 Å². The molecule has 9 heteroatoms. The number of rotatable bonds is 7. The number of aliphatic hydroxyl groups is 1. The van der Waals surface area contributed by atoms with Crippen LogP contribution in [0.15, 0.2) is 60.8 Å². The van der Waals surface area contributed by atoms with Gasteiger partial charge in [-0.15, -0.1) is 0 Å². The van der Waals surface area contributed by atoms with Crippen molar-refractivity contribution in [2.45, 2.75) is 37.7 Å². The Morgan fingerprint density at radius 1 is 1.21 bits per heavy atom. The third-order valence-corrected chi connectivity index (χ3v) is 7.55. The van der Waals surface area contributed by atoms with Crippen LogP contribution in [0.1, 0.15) is 48.3 Å². The van der Waals surface area contributed by atoms with Crippen molar-refractivity contribution in [3.63, 3.8) is 0 Å². The highest BCUT2D eigenvalue weighted by Crippen LogP contribution is 2.46. The summed E-state index contributed by atoms with van der Waals surface area (Å²) in [6, 6.07) is 14.2. The van der Waals surface area contributed by atoms with Crippen molar-refractivity contribution in [1.82, 2.24) is 9.97 Å². The Kier molecular flexibility index (Phi) is 6.41. The number of pyridine rings is 2. The molecule has 0 saturated heterocycles. The third kappa shape index (κ3) is 4.40. The van der Waals surface area contributed by atoms with Crippen molar-refractivity contribution in [3.05, 3.63) is 88.5 Å². The molecular weight excluding hydrogens is 509 g/mol. The second-order valence-electron chi connectivity index (χ2n) is 9.92. The van der Waals surface area contributed by atoms with Gasteiger partial charge in [0.25, 0.3) is 0 Å². The standard InChI is InChI=1S/C29H25ClFN3O4/c1-28(27(32)36)15-38-26-20(28)14-23(34-25(26)16-5-7-17(31)8-6-16)29(2,37)12-11-22(35)19-9-10-21-18(24(19)30)4-3-13-33-21/h3-10,13-14,37H,11-12,15H2,1-2H3,(H2,32,36)/t28-,29-/m0/s1. The lowest BCUT2D eigenvalue weighted by Gasteiger charge is -2.26. The number of primary amides is 1. The van der Waals surface area contributed by atoms with Gasteiger partial charge in [-0.1, -0.05) is 11.6 Å². The van der Waals surface area contributed by atoms with Gasteiger partial charge < -0.3 is 15.6 Å². The number of carbonyl (C=O) groups is 2. The fourth-order valence-electron chi connectivity index (χ4n) is 4.62. The zero-order valence-electron chi connectivity index (χ0n) is 20.8. The number of halogens is 2. The first kappa shape index (κ1) is 25.8. The number of ether oxygens (including phenoxy) is 1. The van der Waals surface area contributed by atoms with E-state index in [0.29, 0.717) is 44.1 Å². The van der Waals surface area contributed by atoms with E-state index in [2.05, 4.69) is 9.97 Å². The minimum Gasteiger partial charge on any atom is -0.489 e. The number of carbonyl (C=O) groups excluding carboxylic acids is 2. The van der Waals surface area contributed by atoms with E-state index in [1.54, 1.807) is 62.5 Å². The van der Waals surface area contributed by atoms with Crippen LogP contribution >= 0.6 is 11.6 Å². The summed E-state index contributed by atoms with van der Waals surface area (Å²) in [7, 11) is 0. The molecule has 2 atom stereocenters. The highest BCUT2D eigenvalue weighted by molar-refractivity contribution is 6.38. The van der Waals surface area contributed by atoms with E-state index in [-0.39, 0.29) is 30.9 Å². The Balaban J connectivity index is 1.50. The average molecular weight is 534 g/mol. The summed E-state index contributed by atoms with van der Waals surface area (Å²) in [4.78, 5) is 34.4.